The van der Waals surface area contributed by atoms with Crippen LogP contribution in [0, 0.1) is 12.8 Å². The number of hydrogen-bond acceptors (Lipinski definition) is 13. The minimum atomic E-state index is -2.01. The number of fused-ring (bicyclic) bond motifs is 8. The lowest BCUT2D eigenvalue weighted by atomic mass is 9.77. The number of phenolic OH excluding ortho intramolecular Hbond substituents is 1. The summed E-state index contributed by atoms with van der Waals surface area (Å²) in [5.41, 5.74) is -1.18. The molecule has 5 aliphatic heterocycles. The summed E-state index contributed by atoms with van der Waals surface area (Å²) in [5.74, 6) is -4.45. The second-order valence-corrected chi connectivity index (χ2v) is 13.9. The SMILES string of the molecule is COc1c2c(c(O)c3c4c(c(C)cc13)C1OC3([C@H](C)OC)OC1[C@@](O)(O4)[C@@]31CO1)C(=O)[C@@H](O)C[C@@H]2OC1CC(C)(O)C(C)C(C)O1. The van der Waals surface area contributed by atoms with Gasteiger partial charge in [0.1, 0.15) is 35.6 Å². The van der Waals surface area contributed by atoms with Crippen LogP contribution in [0.5, 0.6) is 17.2 Å². The van der Waals surface area contributed by atoms with Crippen molar-refractivity contribution >= 4 is 16.6 Å². The molecule has 4 saturated heterocycles. The molecule has 46 heavy (non-hydrogen) atoms. The number of rotatable bonds is 5. The Morgan fingerprint density at radius 3 is 2.48 bits per heavy atom. The second kappa shape index (κ2) is 9.52. The summed E-state index contributed by atoms with van der Waals surface area (Å²) in [7, 11) is 2.96. The van der Waals surface area contributed by atoms with Gasteiger partial charge in [-0.1, -0.05) is 6.92 Å². The molecule has 2 bridgehead atoms. The van der Waals surface area contributed by atoms with Crippen molar-refractivity contribution in [3.63, 3.8) is 0 Å². The maximum atomic E-state index is 13.6. The van der Waals surface area contributed by atoms with E-state index >= 15 is 0 Å². The number of carbonyl (C=O) groups excluding carboxylic acids is 1. The molecule has 1 spiro atoms. The molecule has 2 aromatic rings. The largest absolute Gasteiger partial charge is 0.506 e. The van der Waals surface area contributed by atoms with Crippen LogP contribution in [0.2, 0.25) is 0 Å². The van der Waals surface area contributed by atoms with E-state index < -0.39 is 71.1 Å². The van der Waals surface area contributed by atoms with Crippen molar-refractivity contribution in [1.29, 1.82) is 0 Å². The lowest BCUT2D eigenvalue weighted by molar-refractivity contribution is -0.301. The second-order valence-electron chi connectivity index (χ2n) is 13.9. The van der Waals surface area contributed by atoms with Gasteiger partial charge in [-0.2, -0.15) is 0 Å². The molecule has 12 atom stereocenters. The van der Waals surface area contributed by atoms with Gasteiger partial charge >= 0.3 is 0 Å². The van der Waals surface area contributed by atoms with Gasteiger partial charge in [0.05, 0.1) is 42.5 Å². The number of benzene rings is 2. The molecule has 8 rings (SSSR count). The molecule has 0 saturated carbocycles. The fourth-order valence-electron chi connectivity index (χ4n) is 8.52. The quantitative estimate of drug-likeness (QED) is 0.350. The molecule has 6 aliphatic rings. The number of aliphatic hydroxyl groups excluding tert-OH is 1. The third-order valence-electron chi connectivity index (χ3n) is 11.5. The highest BCUT2D eigenvalue weighted by Gasteiger charge is 2.91. The van der Waals surface area contributed by atoms with Crippen LogP contribution < -0.4 is 9.47 Å². The van der Waals surface area contributed by atoms with Gasteiger partial charge in [0.25, 0.3) is 5.79 Å². The van der Waals surface area contributed by atoms with Crippen molar-refractivity contribution in [1.82, 2.24) is 0 Å². The Labute approximate surface area is 265 Å². The highest BCUT2D eigenvalue weighted by molar-refractivity contribution is 6.13. The van der Waals surface area contributed by atoms with Crippen molar-refractivity contribution in [2.45, 2.75) is 113 Å². The summed E-state index contributed by atoms with van der Waals surface area (Å²) in [6, 6.07) is 1.80. The molecule has 13 nitrogen and oxygen atoms in total. The number of aromatic hydroxyl groups is 1. The van der Waals surface area contributed by atoms with Crippen LogP contribution >= 0.6 is 0 Å². The minimum Gasteiger partial charge on any atom is -0.506 e. The van der Waals surface area contributed by atoms with E-state index in [1.54, 1.807) is 19.9 Å². The number of Topliss-reactive ketones (excluding diaryl/α,β-unsaturated/α-hetero) is 1. The first-order chi connectivity index (χ1) is 21.7. The van der Waals surface area contributed by atoms with Gasteiger partial charge in [-0.25, -0.2) is 0 Å². The van der Waals surface area contributed by atoms with Crippen molar-refractivity contribution in [3.05, 3.63) is 28.3 Å². The topological polar surface area (TPSA) is 175 Å². The third-order valence-corrected chi connectivity index (χ3v) is 11.5. The van der Waals surface area contributed by atoms with Crippen molar-refractivity contribution in [3.8, 4) is 17.2 Å². The molecule has 0 amide bonds. The molecule has 7 unspecified atom stereocenters. The number of hydrogen-bond donors (Lipinski definition) is 4. The predicted molar refractivity (Wildman–Crippen MR) is 157 cm³/mol. The summed E-state index contributed by atoms with van der Waals surface area (Å²) in [6.45, 7) is 9.17. The molecule has 13 heteroatoms. The minimum absolute atomic E-state index is 0.0847. The Bertz CT molecular complexity index is 1670. The number of epoxide rings is 1. The monoisotopic (exact) mass is 644 g/mol. The number of ether oxygens (including phenoxy) is 8. The zero-order valence-electron chi connectivity index (χ0n) is 26.8. The number of carbonyl (C=O) groups is 1. The van der Waals surface area contributed by atoms with Crippen LogP contribution in [0.25, 0.3) is 10.8 Å². The van der Waals surface area contributed by atoms with E-state index in [1.807, 2.05) is 20.8 Å². The average Bonchev–Trinajstić information content (AvgIpc) is 3.67. The average molecular weight is 645 g/mol. The fourth-order valence-corrected chi connectivity index (χ4v) is 8.52. The number of aryl methyl sites for hydroxylation is 1. The summed E-state index contributed by atoms with van der Waals surface area (Å²) in [4.78, 5) is 13.6. The van der Waals surface area contributed by atoms with E-state index in [0.29, 0.717) is 16.5 Å². The number of methoxy groups -OCH3 is 2. The van der Waals surface area contributed by atoms with E-state index in [-0.39, 0.29) is 59.5 Å². The molecular weight excluding hydrogens is 604 g/mol. The van der Waals surface area contributed by atoms with E-state index in [0.717, 1.165) is 0 Å². The summed E-state index contributed by atoms with van der Waals surface area (Å²) < 4.78 is 49.2. The standard InChI is InChI=1S/C33H40O13/c1-12-8-16-21(27-20(12)28-29-32(38,44-27)31(11-41-31)33(45-28,46-29)15(4)39-6)25(36)23-22(26(16)40-7)18(9-17(34)24(23)35)43-19-10-30(5,37)13(2)14(3)42-19/h8,13-15,17-19,28-29,34,36-38H,9-11H2,1-7H3/t13?,14?,15-,17-,18-,19?,28?,29?,30?,31-,32+,33?/m0/s1. The number of aliphatic hydroxyl groups is 3. The Morgan fingerprint density at radius 1 is 1.13 bits per heavy atom. The van der Waals surface area contributed by atoms with Crippen LogP contribution in [-0.4, -0.2) is 101 Å². The van der Waals surface area contributed by atoms with E-state index in [9.17, 15) is 25.2 Å². The number of phenols is 1. The Balaban J connectivity index is 1.30. The first-order valence-corrected chi connectivity index (χ1v) is 15.8. The van der Waals surface area contributed by atoms with Gasteiger partial charge in [-0.3, -0.25) is 4.79 Å². The van der Waals surface area contributed by atoms with Gasteiger partial charge in [-0.15, -0.1) is 0 Å². The van der Waals surface area contributed by atoms with E-state index in [2.05, 4.69) is 0 Å². The van der Waals surface area contributed by atoms with Crippen LogP contribution in [0.4, 0.5) is 0 Å². The Morgan fingerprint density at radius 2 is 1.85 bits per heavy atom. The highest BCUT2D eigenvalue weighted by atomic mass is 16.9. The molecule has 1 aliphatic carbocycles. The molecule has 0 radical (unpaired) electrons. The van der Waals surface area contributed by atoms with Crippen LogP contribution in [0.15, 0.2) is 6.07 Å². The first-order valence-electron chi connectivity index (χ1n) is 15.8. The van der Waals surface area contributed by atoms with Crippen molar-refractivity contribution in [2.75, 3.05) is 20.8 Å². The number of ketones is 1. The molecule has 5 heterocycles. The fraction of sp³-hybridized carbons (Fsp3) is 0.667. The molecule has 4 fully saturated rings. The zero-order chi connectivity index (χ0) is 32.9. The van der Waals surface area contributed by atoms with Gasteiger partial charge in [0.2, 0.25) is 11.4 Å². The molecule has 4 N–H and O–H groups in total. The van der Waals surface area contributed by atoms with Gasteiger partial charge < -0.3 is 58.3 Å². The molecular formula is C33H40O13. The molecule has 2 aromatic carbocycles. The summed E-state index contributed by atoms with van der Waals surface area (Å²) in [5, 5.41) is 46.7. The molecule has 0 aromatic heterocycles. The van der Waals surface area contributed by atoms with Crippen molar-refractivity contribution < 1.29 is 63.1 Å². The smallest absolute Gasteiger partial charge is 0.274 e. The predicted octanol–water partition coefficient (Wildman–Crippen LogP) is 2.44. The highest BCUT2D eigenvalue weighted by Crippen LogP contribution is 2.71. The first kappa shape index (κ1) is 30.7. The summed E-state index contributed by atoms with van der Waals surface area (Å²) in [6.07, 6.45) is -5.97. The lowest BCUT2D eigenvalue weighted by Gasteiger charge is -2.47. The Hall–Kier alpha value is -2.59. The summed E-state index contributed by atoms with van der Waals surface area (Å²) >= 11 is 0. The van der Waals surface area contributed by atoms with Crippen LogP contribution in [0.3, 0.4) is 0 Å². The van der Waals surface area contributed by atoms with Gasteiger partial charge in [0.15, 0.2) is 18.2 Å². The van der Waals surface area contributed by atoms with Gasteiger partial charge in [-0.05, 0) is 39.3 Å². The van der Waals surface area contributed by atoms with E-state index in [1.165, 1.54) is 14.2 Å². The van der Waals surface area contributed by atoms with E-state index in [4.69, 9.17) is 37.9 Å². The maximum Gasteiger partial charge on any atom is 0.274 e. The van der Waals surface area contributed by atoms with Crippen LogP contribution in [0.1, 0.15) is 79.8 Å². The Kier molecular flexibility index (Phi) is 6.36. The third kappa shape index (κ3) is 3.53. The van der Waals surface area contributed by atoms with Gasteiger partial charge in [0, 0.05) is 42.4 Å². The zero-order valence-corrected chi connectivity index (χ0v) is 26.8. The maximum absolute atomic E-state index is 13.6. The van der Waals surface area contributed by atoms with Crippen LogP contribution in [-0.2, 0) is 28.4 Å². The van der Waals surface area contributed by atoms with Crippen molar-refractivity contribution in [2.24, 2.45) is 5.92 Å². The normalized spacial score (nSPS) is 44.2. The lowest BCUT2D eigenvalue weighted by Crippen LogP contribution is -2.68. The molecule has 250 valence electrons.